The smallest absolute Gasteiger partial charge is 0.411 e. The molecule has 0 aliphatic carbocycles. The molecule has 1 atom stereocenters. The number of aliphatic hydroxyl groups is 1. The van der Waals surface area contributed by atoms with E-state index in [1.54, 1.807) is 12.1 Å². The number of hydrogen-bond acceptors (Lipinski definition) is 4. The first kappa shape index (κ1) is 15.6. The third-order valence-electron chi connectivity index (χ3n) is 2.23. The molecular weight excluding hydrogens is 265 g/mol. The lowest BCUT2D eigenvalue weighted by atomic mass is 10.1. The van der Waals surface area contributed by atoms with Crippen molar-refractivity contribution in [1.82, 2.24) is 0 Å². The molecule has 108 valence electrons. The number of rotatable bonds is 6. The van der Waals surface area contributed by atoms with Crippen molar-refractivity contribution in [2.75, 3.05) is 20.5 Å². The number of halogens is 3. The molecular formula is C12H15F3O4. The van der Waals surface area contributed by atoms with E-state index >= 15 is 0 Å². The van der Waals surface area contributed by atoms with Crippen LogP contribution in [-0.2, 0) is 4.74 Å². The van der Waals surface area contributed by atoms with E-state index in [0.29, 0.717) is 11.3 Å². The molecule has 1 aromatic rings. The van der Waals surface area contributed by atoms with Crippen LogP contribution < -0.4 is 9.47 Å². The highest BCUT2D eigenvalue weighted by Gasteiger charge is 2.27. The van der Waals surface area contributed by atoms with E-state index < -0.39 is 25.7 Å². The molecule has 0 spiro atoms. The number of ether oxygens (including phenoxy) is 3. The van der Waals surface area contributed by atoms with Crippen LogP contribution in [0.5, 0.6) is 11.5 Å². The Hall–Kier alpha value is -1.47. The highest BCUT2D eigenvalue weighted by Crippen LogP contribution is 2.29. The molecule has 0 aliphatic heterocycles. The van der Waals surface area contributed by atoms with Gasteiger partial charge in [-0.05, 0) is 19.1 Å². The van der Waals surface area contributed by atoms with Gasteiger partial charge in [0.1, 0.15) is 18.1 Å². The maximum atomic E-state index is 11.9. The highest BCUT2D eigenvalue weighted by atomic mass is 19.4. The first-order valence-corrected chi connectivity index (χ1v) is 5.47. The van der Waals surface area contributed by atoms with Gasteiger partial charge in [0, 0.05) is 11.6 Å². The second-order valence-corrected chi connectivity index (χ2v) is 3.81. The van der Waals surface area contributed by atoms with E-state index in [1.165, 1.54) is 20.1 Å². The van der Waals surface area contributed by atoms with Crippen molar-refractivity contribution < 1.29 is 32.5 Å². The number of benzene rings is 1. The van der Waals surface area contributed by atoms with Crippen LogP contribution in [0.3, 0.4) is 0 Å². The molecule has 19 heavy (non-hydrogen) atoms. The van der Waals surface area contributed by atoms with E-state index in [9.17, 15) is 18.3 Å². The second-order valence-electron chi connectivity index (χ2n) is 3.81. The van der Waals surface area contributed by atoms with E-state index in [1.807, 2.05) is 0 Å². The standard InChI is InChI=1S/C12H15F3O4/c1-8(16)10-4-3-9(17-2)5-11(10)19-7-18-6-12(13,14)15/h3-5,8,16H,6-7H2,1-2H3/t8-/m1/s1. The van der Waals surface area contributed by atoms with Crippen molar-refractivity contribution in [3.05, 3.63) is 23.8 Å². The summed E-state index contributed by atoms with van der Waals surface area (Å²) in [7, 11) is 1.45. The topological polar surface area (TPSA) is 47.9 Å². The van der Waals surface area contributed by atoms with Gasteiger partial charge >= 0.3 is 6.18 Å². The van der Waals surface area contributed by atoms with Crippen molar-refractivity contribution in [2.24, 2.45) is 0 Å². The quantitative estimate of drug-likeness (QED) is 0.643. The lowest BCUT2D eigenvalue weighted by Gasteiger charge is -2.15. The molecule has 1 aromatic carbocycles. The first-order chi connectivity index (χ1) is 8.83. The summed E-state index contributed by atoms with van der Waals surface area (Å²) in [5.74, 6) is 0.687. The number of hydrogen-bond donors (Lipinski definition) is 1. The Morgan fingerprint density at radius 3 is 2.53 bits per heavy atom. The largest absolute Gasteiger partial charge is 0.497 e. The molecule has 0 amide bonds. The summed E-state index contributed by atoms with van der Waals surface area (Å²) in [5, 5.41) is 9.51. The molecule has 1 N–H and O–H groups in total. The van der Waals surface area contributed by atoms with Crippen LogP contribution in [-0.4, -0.2) is 31.8 Å². The molecule has 0 radical (unpaired) electrons. The van der Waals surface area contributed by atoms with Gasteiger partial charge in [0.05, 0.1) is 13.2 Å². The summed E-state index contributed by atoms with van der Waals surface area (Å²) >= 11 is 0. The third-order valence-corrected chi connectivity index (χ3v) is 2.23. The van der Waals surface area contributed by atoms with Crippen LogP contribution in [0.1, 0.15) is 18.6 Å². The Balaban J connectivity index is 2.65. The van der Waals surface area contributed by atoms with Gasteiger partial charge in [-0.2, -0.15) is 13.2 Å². The molecule has 0 fully saturated rings. The van der Waals surface area contributed by atoms with Gasteiger partial charge in [0.2, 0.25) is 0 Å². The van der Waals surface area contributed by atoms with Gasteiger partial charge in [-0.1, -0.05) is 0 Å². The van der Waals surface area contributed by atoms with E-state index in [0.717, 1.165) is 0 Å². The summed E-state index contributed by atoms with van der Waals surface area (Å²) in [6.45, 7) is -0.432. The summed E-state index contributed by atoms with van der Waals surface area (Å²) in [4.78, 5) is 0. The molecule has 4 nitrogen and oxygen atoms in total. The van der Waals surface area contributed by atoms with Crippen molar-refractivity contribution in [3.63, 3.8) is 0 Å². The molecule has 1 rings (SSSR count). The first-order valence-electron chi connectivity index (χ1n) is 5.47. The van der Waals surface area contributed by atoms with Crippen LogP contribution in [0.25, 0.3) is 0 Å². The van der Waals surface area contributed by atoms with Crippen molar-refractivity contribution >= 4 is 0 Å². The van der Waals surface area contributed by atoms with Gasteiger partial charge in [-0.3, -0.25) is 0 Å². The Kier molecular flexibility index (Phi) is 5.44. The van der Waals surface area contributed by atoms with Crippen LogP contribution in [0.15, 0.2) is 18.2 Å². The van der Waals surface area contributed by atoms with Crippen molar-refractivity contribution in [3.8, 4) is 11.5 Å². The predicted octanol–water partition coefficient (Wildman–Crippen LogP) is 2.66. The minimum atomic E-state index is -4.40. The second kappa shape index (κ2) is 6.63. The molecule has 0 aliphatic rings. The Bertz CT molecular complexity index is 404. The zero-order valence-electron chi connectivity index (χ0n) is 10.5. The molecule has 0 heterocycles. The zero-order valence-corrected chi connectivity index (χ0v) is 10.5. The summed E-state index contributed by atoms with van der Waals surface area (Å²) in [6, 6.07) is 4.66. The highest BCUT2D eigenvalue weighted by molar-refractivity contribution is 5.41. The van der Waals surface area contributed by atoms with Gasteiger partial charge < -0.3 is 19.3 Å². The van der Waals surface area contributed by atoms with E-state index in [4.69, 9.17) is 9.47 Å². The van der Waals surface area contributed by atoms with Gasteiger partial charge in [0.15, 0.2) is 6.79 Å². The molecule has 0 aromatic heterocycles. The van der Waals surface area contributed by atoms with E-state index in [2.05, 4.69) is 4.74 Å². The maximum absolute atomic E-state index is 11.9. The number of alkyl halides is 3. The molecule has 0 saturated heterocycles. The monoisotopic (exact) mass is 280 g/mol. The molecule has 0 bridgehead atoms. The predicted molar refractivity (Wildman–Crippen MR) is 61.1 cm³/mol. The summed E-state index contributed by atoms with van der Waals surface area (Å²) < 4.78 is 50.0. The Labute approximate surface area is 108 Å². The maximum Gasteiger partial charge on any atom is 0.411 e. The fourth-order valence-corrected chi connectivity index (χ4v) is 1.37. The minimum Gasteiger partial charge on any atom is -0.497 e. The van der Waals surface area contributed by atoms with Crippen molar-refractivity contribution in [1.29, 1.82) is 0 Å². The van der Waals surface area contributed by atoms with Gasteiger partial charge in [-0.15, -0.1) is 0 Å². The van der Waals surface area contributed by atoms with Crippen LogP contribution in [0, 0.1) is 0 Å². The van der Waals surface area contributed by atoms with E-state index in [-0.39, 0.29) is 5.75 Å². The fourth-order valence-electron chi connectivity index (χ4n) is 1.37. The number of aliphatic hydroxyl groups excluding tert-OH is 1. The average molecular weight is 280 g/mol. The van der Waals surface area contributed by atoms with Crippen LogP contribution >= 0.6 is 0 Å². The summed E-state index contributed by atoms with van der Waals surface area (Å²) in [5.41, 5.74) is 0.441. The average Bonchev–Trinajstić information content (AvgIpc) is 2.33. The van der Waals surface area contributed by atoms with Gasteiger partial charge in [0.25, 0.3) is 0 Å². The molecule has 0 saturated carbocycles. The third kappa shape index (κ3) is 5.35. The fraction of sp³-hybridized carbons (Fsp3) is 0.500. The van der Waals surface area contributed by atoms with Gasteiger partial charge in [-0.25, -0.2) is 0 Å². The van der Waals surface area contributed by atoms with Crippen LogP contribution in [0.2, 0.25) is 0 Å². The van der Waals surface area contributed by atoms with Crippen molar-refractivity contribution in [2.45, 2.75) is 19.2 Å². The lowest BCUT2D eigenvalue weighted by molar-refractivity contribution is -0.186. The minimum absolute atomic E-state index is 0.219. The number of methoxy groups -OCH3 is 1. The normalized spacial score (nSPS) is 13.2. The Morgan fingerprint density at radius 1 is 1.32 bits per heavy atom. The summed E-state index contributed by atoms with van der Waals surface area (Å²) in [6.07, 6.45) is -5.21. The van der Waals surface area contributed by atoms with Crippen LogP contribution in [0.4, 0.5) is 13.2 Å². The molecule has 0 unspecified atom stereocenters. The SMILES string of the molecule is COc1ccc([C@@H](C)O)c(OCOCC(F)(F)F)c1. The lowest BCUT2D eigenvalue weighted by Crippen LogP contribution is -2.19. The molecule has 7 heteroatoms. The Morgan fingerprint density at radius 2 is 2.00 bits per heavy atom. The zero-order chi connectivity index (χ0) is 14.5.